The molecule has 2 rings (SSSR count). The van der Waals surface area contributed by atoms with Crippen molar-refractivity contribution < 1.29 is 4.39 Å². The van der Waals surface area contributed by atoms with Gasteiger partial charge in [-0.3, -0.25) is 0 Å². The second-order valence-corrected chi connectivity index (χ2v) is 3.41. The van der Waals surface area contributed by atoms with Crippen molar-refractivity contribution >= 4 is 12.4 Å². The summed E-state index contributed by atoms with van der Waals surface area (Å²) in [5.74, 6) is 0.442. The molecule has 1 aromatic rings. The summed E-state index contributed by atoms with van der Waals surface area (Å²) in [5.41, 5.74) is 6.98. The maximum absolute atomic E-state index is 12.5. The van der Waals surface area contributed by atoms with E-state index in [9.17, 15) is 4.39 Å². The zero-order valence-corrected chi connectivity index (χ0v) is 8.06. The Morgan fingerprint density at radius 2 is 1.77 bits per heavy atom. The fourth-order valence-corrected chi connectivity index (χ4v) is 1.41. The maximum Gasteiger partial charge on any atom is 0.123 e. The SMILES string of the molecule is Cl.N[C@@H](c1ccc(F)cc1)C1CC1. The van der Waals surface area contributed by atoms with Crippen molar-refractivity contribution in [2.45, 2.75) is 18.9 Å². The molecule has 13 heavy (non-hydrogen) atoms. The Morgan fingerprint density at radius 1 is 1.23 bits per heavy atom. The third-order valence-electron chi connectivity index (χ3n) is 2.38. The van der Waals surface area contributed by atoms with Crippen molar-refractivity contribution in [2.75, 3.05) is 0 Å². The van der Waals surface area contributed by atoms with Gasteiger partial charge in [-0.25, -0.2) is 4.39 Å². The molecule has 1 atom stereocenters. The van der Waals surface area contributed by atoms with E-state index in [1.165, 1.54) is 25.0 Å². The molecule has 0 aromatic heterocycles. The molecule has 0 spiro atoms. The highest BCUT2D eigenvalue weighted by atomic mass is 35.5. The lowest BCUT2D eigenvalue weighted by atomic mass is 10.0. The molecule has 1 aliphatic carbocycles. The van der Waals surface area contributed by atoms with Gasteiger partial charge in [-0.05, 0) is 36.5 Å². The molecule has 1 fully saturated rings. The number of benzene rings is 1. The first-order chi connectivity index (χ1) is 5.77. The van der Waals surface area contributed by atoms with Crippen LogP contribution in [-0.4, -0.2) is 0 Å². The Hall–Kier alpha value is -0.600. The molecule has 3 heteroatoms. The van der Waals surface area contributed by atoms with Gasteiger partial charge in [0, 0.05) is 6.04 Å². The minimum atomic E-state index is -0.193. The van der Waals surface area contributed by atoms with Crippen LogP contribution < -0.4 is 5.73 Å². The second kappa shape index (κ2) is 4.07. The first kappa shape index (κ1) is 10.5. The summed E-state index contributed by atoms with van der Waals surface area (Å²) in [6.07, 6.45) is 2.44. The van der Waals surface area contributed by atoms with Crippen LogP contribution in [0.1, 0.15) is 24.4 Å². The molecule has 1 aromatic carbocycles. The number of hydrogen-bond acceptors (Lipinski definition) is 1. The number of nitrogens with two attached hydrogens (primary N) is 1. The van der Waals surface area contributed by atoms with Gasteiger partial charge >= 0.3 is 0 Å². The first-order valence-electron chi connectivity index (χ1n) is 4.28. The van der Waals surface area contributed by atoms with Crippen LogP contribution in [-0.2, 0) is 0 Å². The fourth-order valence-electron chi connectivity index (χ4n) is 1.41. The topological polar surface area (TPSA) is 26.0 Å². The van der Waals surface area contributed by atoms with Crippen LogP contribution in [0.3, 0.4) is 0 Å². The standard InChI is InChI=1S/C10H12FN.ClH/c11-9-5-3-8(4-6-9)10(12)7-1-2-7;/h3-7,10H,1-2,12H2;1H/t10-;/m1./s1. The number of rotatable bonds is 2. The quantitative estimate of drug-likeness (QED) is 0.782. The molecular weight excluding hydrogens is 189 g/mol. The maximum atomic E-state index is 12.5. The van der Waals surface area contributed by atoms with Gasteiger partial charge in [0.15, 0.2) is 0 Å². The van der Waals surface area contributed by atoms with E-state index in [4.69, 9.17) is 5.73 Å². The predicted octanol–water partition coefficient (Wildman–Crippen LogP) is 2.66. The molecule has 0 radical (unpaired) electrons. The van der Waals surface area contributed by atoms with Crippen LogP contribution in [0.5, 0.6) is 0 Å². The Balaban J connectivity index is 0.000000845. The second-order valence-electron chi connectivity index (χ2n) is 3.41. The van der Waals surface area contributed by atoms with Gasteiger partial charge in [0.25, 0.3) is 0 Å². The minimum Gasteiger partial charge on any atom is -0.324 e. The smallest absolute Gasteiger partial charge is 0.123 e. The lowest BCUT2D eigenvalue weighted by Crippen LogP contribution is -2.11. The van der Waals surface area contributed by atoms with Gasteiger partial charge < -0.3 is 5.73 Å². The average Bonchev–Trinajstić information content (AvgIpc) is 2.87. The molecule has 1 nitrogen and oxygen atoms in total. The summed E-state index contributed by atoms with van der Waals surface area (Å²) in [7, 11) is 0. The summed E-state index contributed by atoms with van der Waals surface area (Å²) in [6.45, 7) is 0. The highest BCUT2D eigenvalue weighted by Crippen LogP contribution is 2.39. The molecule has 1 aliphatic rings. The van der Waals surface area contributed by atoms with Gasteiger partial charge in [-0.15, -0.1) is 12.4 Å². The molecule has 0 unspecified atom stereocenters. The Kier molecular flexibility index (Phi) is 3.28. The van der Waals surface area contributed by atoms with E-state index in [-0.39, 0.29) is 24.3 Å². The van der Waals surface area contributed by atoms with E-state index in [1.54, 1.807) is 12.1 Å². The van der Waals surface area contributed by atoms with Crippen LogP contribution in [0, 0.1) is 11.7 Å². The molecule has 0 heterocycles. The summed E-state index contributed by atoms with van der Waals surface area (Å²) >= 11 is 0. The van der Waals surface area contributed by atoms with Gasteiger partial charge in [0.2, 0.25) is 0 Å². The largest absolute Gasteiger partial charge is 0.324 e. The van der Waals surface area contributed by atoms with Gasteiger partial charge in [0.1, 0.15) is 5.82 Å². The van der Waals surface area contributed by atoms with Gasteiger partial charge in [-0.2, -0.15) is 0 Å². The van der Waals surface area contributed by atoms with Crippen LogP contribution in [0.25, 0.3) is 0 Å². The summed E-state index contributed by atoms with van der Waals surface area (Å²) in [5, 5.41) is 0. The average molecular weight is 202 g/mol. The van der Waals surface area contributed by atoms with E-state index in [2.05, 4.69) is 0 Å². The number of halogens is 2. The fraction of sp³-hybridized carbons (Fsp3) is 0.400. The highest BCUT2D eigenvalue weighted by molar-refractivity contribution is 5.85. The molecule has 2 N–H and O–H groups in total. The monoisotopic (exact) mass is 201 g/mol. The zero-order valence-electron chi connectivity index (χ0n) is 7.24. The minimum absolute atomic E-state index is 0. The van der Waals surface area contributed by atoms with Crippen molar-refractivity contribution in [1.29, 1.82) is 0 Å². The summed E-state index contributed by atoms with van der Waals surface area (Å²) in [4.78, 5) is 0. The van der Waals surface area contributed by atoms with Gasteiger partial charge in [-0.1, -0.05) is 12.1 Å². The molecule has 72 valence electrons. The normalized spacial score (nSPS) is 17.7. The highest BCUT2D eigenvalue weighted by Gasteiger charge is 2.29. The molecule has 0 amide bonds. The lowest BCUT2D eigenvalue weighted by molar-refractivity contribution is 0.613. The van der Waals surface area contributed by atoms with Crippen molar-refractivity contribution in [3.05, 3.63) is 35.6 Å². The molecule has 0 saturated heterocycles. The van der Waals surface area contributed by atoms with E-state index >= 15 is 0 Å². The van der Waals surface area contributed by atoms with E-state index in [0.29, 0.717) is 5.92 Å². The molecule has 0 aliphatic heterocycles. The Morgan fingerprint density at radius 3 is 2.23 bits per heavy atom. The first-order valence-corrected chi connectivity index (χ1v) is 4.28. The van der Waals surface area contributed by atoms with Crippen molar-refractivity contribution in [3.63, 3.8) is 0 Å². The lowest BCUT2D eigenvalue weighted by Gasteiger charge is -2.09. The molecule has 1 saturated carbocycles. The third kappa shape index (κ3) is 2.42. The van der Waals surface area contributed by atoms with Crippen LogP contribution in [0.15, 0.2) is 24.3 Å². The third-order valence-corrected chi connectivity index (χ3v) is 2.38. The van der Waals surface area contributed by atoms with Crippen molar-refractivity contribution in [3.8, 4) is 0 Å². The summed E-state index contributed by atoms with van der Waals surface area (Å²) < 4.78 is 12.5. The van der Waals surface area contributed by atoms with E-state index < -0.39 is 0 Å². The van der Waals surface area contributed by atoms with Gasteiger partial charge in [0.05, 0.1) is 0 Å². The number of hydrogen-bond donors (Lipinski definition) is 1. The van der Waals surface area contributed by atoms with Crippen LogP contribution in [0.2, 0.25) is 0 Å². The zero-order chi connectivity index (χ0) is 8.55. The summed E-state index contributed by atoms with van der Waals surface area (Å²) in [6, 6.07) is 6.61. The Labute approximate surface area is 83.5 Å². The van der Waals surface area contributed by atoms with Crippen LogP contribution in [0.4, 0.5) is 4.39 Å². The van der Waals surface area contributed by atoms with E-state index in [0.717, 1.165) is 5.56 Å². The van der Waals surface area contributed by atoms with E-state index in [1.807, 2.05) is 0 Å². The molecular formula is C10H13ClFN. The molecule has 0 bridgehead atoms. The predicted molar refractivity (Wildman–Crippen MR) is 53.3 cm³/mol. The Bertz CT molecular complexity index is 269. The van der Waals surface area contributed by atoms with Crippen LogP contribution >= 0.6 is 12.4 Å². The van der Waals surface area contributed by atoms with Crippen molar-refractivity contribution in [2.24, 2.45) is 11.7 Å². The van der Waals surface area contributed by atoms with Crippen molar-refractivity contribution in [1.82, 2.24) is 0 Å².